The van der Waals surface area contributed by atoms with E-state index in [1.165, 1.54) is 5.56 Å². The summed E-state index contributed by atoms with van der Waals surface area (Å²) in [7, 11) is 0. The summed E-state index contributed by atoms with van der Waals surface area (Å²) in [6, 6.07) is 11.9. The topological polar surface area (TPSA) is 56.2 Å². The standard InChI is InChI=1S/C13H11BrN4/c14-10-3-1-2-9(6-10)7-11-8-13-16-5-4-12(15)18(13)17-11/h1-6,8H,7,15H2. The molecule has 2 aromatic heterocycles. The summed E-state index contributed by atoms with van der Waals surface area (Å²) in [4.78, 5) is 4.23. The minimum absolute atomic E-state index is 0.598. The van der Waals surface area contributed by atoms with Crippen LogP contribution < -0.4 is 5.73 Å². The van der Waals surface area contributed by atoms with E-state index in [4.69, 9.17) is 5.73 Å². The van der Waals surface area contributed by atoms with Crippen LogP contribution in [0, 0.1) is 0 Å². The zero-order valence-electron chi connectivity index (χ0n) is 9.55. The Morgan fingerprint density at radius 3 is 2.89 bits per heavy atom. The molecule has 5 heteroatoms. The largest absolute Gasteiger partial charge is 0.384 e. The van der Waals surface area contributed by atoms with Crippen LogP contribution in [0.1, 0.15) is 11.3 Å². The van der Waals surface area contributed by atoms with Gasteiger partial charge in [0.05, 0.1) is 5.69 Å². The summed E-state index contributed by atoms with van der Waals surface area (Å²) in [6.07, 6.45) is 2.46. The molecule has 0 aliphatic heterocycles. The fraction of sp³-hybridized carbons (Fsp3) is 0.0769. The molecule has 0 saturated carbocycles. The van der Waals surface area contributed by atoms with E-state index in [1.54, 1.807) is 16.8 Å². The van der Waals surface area contributed by atoms with Crippen LogP contribution in [0.15, 0.2) is 47.1 Å². The number of nitrogen functional groups attached to an aromatic ring is 1. The van der Waals surface area contributed by atoms with Gasteiger partial charge in [0.2, 0.25) is 0 Å². The Bertz CT molecular complexity index is 705. The number of hydrogen-bond acceptors (Lipinski definition) is 3. The van der Waals surface area contributed by atoms with Crippen LogP contribution in [0.5, 0.6) is 0 Å². The maximum atomic E-state index is 5.84. The maximum Gasteiger partial charge on any atom is 0.157 e. The second-order valence-electron chi connectivity index (χ2n) is 4.08. The molecule has 3 rings (SSSR count). The Labute approximate surface area is 113 Å². The number of hydrogen-bond donors (Lipinski definition) is 1. The van der Waals surface area contributed by atoms with Gasteiger partial charge < -0.3 is 5.73 Å². The van der Waals surface area contributed by atoms with Crippen molar-refractivity contribution in [3.8, 4) is 0 Å². The summed E-state index contributed by atoms with van der Waals surface area (Å²) < 4.78 is 2.73. The van der Waals surface area contributed by atoms with Crippen molar-refractivity contribution in [2.45, 2.75) is 6.42 Å². The van der Waals surface area contributed by atoms with Gasteiger partial charge in [0.1, 0.15) is 5.82 Å². The lowest BCUT2D eigenvalue weighted by atomic mass is 10.1. The molecule has 0 aliphatic rings. The molecule has 3 aromatic rings. The molecule has 0 saturated heterocycles. The average molecular weight is 303 g/mol. The van der Waals surface area contributed by atoms with Gasteiger partial charge in [-0.15, -0.1) is 0 Å². The molecule has 4 nitrogen and oxygen atoms in total. The molecule has 2 N–H and O–H groups in total. The van der Waals surface area contributed by atoms with Crippen LogP contribution in [-0.4, -0.2) is 14.6 Å². The van der Waals surface area contributed by atoms with E-state index in [9.17, 15) is 0 Å². The Morgan fingerprint density at radius 2 is 2.11 bits per heavy atom. The molecule has 2 heterocycles. The van der Waals surface area contributed by atoms with Crippen LogP contribution >= 0.6 is 15.9 Å². The minimum Gasteiger partial charge on any atom is -0.384 e. The molecule has 0 spiro atoms. The lowest BCUT2D eigenvalue weighted by Gasteiger charge is -1.98. The van der Waals surface area contributed by atoms with Gasteiger partial charge in [-0.2, -0.15) is 9.61 Å². The summed E-state index contributed by atoms with van der Waals surface area (Å²) >= 11 is 3.46. The van der Waals surface area contributed by atoms with E-state index in [0.29, 0.717) is 5.82 Å². The lowest BCUT2D eigenvalue weighted by molar-refractivity contribution is 0.906. The SMILES string of the molecule is Nc1ccnc2cc(Cc3cccc(Br)c3)nn12. The van der Waals surface area contributed by atoms with E-state index in [1.807, 2.05) is 18.2 Å². The minimum atomic E-state index is 0.598. The van der Waals surface area contributed by atoms with Crippen molar-refractivity contribution in [3.05, 3.63) is 58.3 Å². The molecule has 90 valence electrons. The van der Waals surface area contributed by atoms with Gasteiger partial charge >= 0.3 is 0 Å². The molecule has 18 heavy (non-hydrogen) atoms. The monoisotopic (exact) mass is 302 g/mol. The van der Waals surface area contributed by atoms with Gasteiger partial charge in [-0.3, -0.25) is 0 Å². The van der Waals surface area contributed by atoms with Gasteiger partial charge in [-0.25, -0.2) is 4.98 Å². The van der Waals surface area contributed by atoms with Gasteiger partial charge in [0.15, 0.2) is 5.65 Å². The number of benzene rings is 1. The Balaban J connectivity index is 1.98. The van der Waals surface area contributed by atoms with Crippen molar-refractivity contribution in [1.82, 2.24) is 14.6 Å². The average Bonchev–Trinajstić information content (AvgIpc) is 2.73. The van der Waals surface area contributed by atoms with E-state index in [2.05, 4.69) is 38.1 Å². The van der Waals surface area contributed by atoms with Crippen molar-refractivity contribution in [2.24, 2.45) is 0 Å². The second kappa shape index (κ2) is 4.42. The van der Waals surface area contributed by atoms with Crippen molar-refractivity contribution in [2.75, 3.05) is 5.73 Å². The van der Waals surface area contributed by atoms with Crippen LogP contribution in [0.3, 0.4) is 0 Å². The maximum absolute atomic E-state index is 5.84. The summed E-state index contributed by atoms with van der Waals surface area (Å²) in [5.74, 6) is 0.598. The summed E-state index contributed by atoms with van der Waals surface area (Å²) in [5.41, 5.74) is 8.78. The summed E-state index contributed by atoms with van der Waals surface area (Å²) in [6.45, 7) is 0. The highest BCUT2D eigenvalue weighted by molar-refractivity contribution is 9.10. The Morgan fingerprint density at radius 1 is 1.22 bits per heavy atom. The number of nitrogens with zero attached hydrogens (tertiary/aromatic N) is 3. The molecular formula is C13H11BrN4. The molecule has 0 radical (unpaired) electrons. The Hall–Kier alpha value is -1.88. The molecular weight excluding hydrogens is 292 g/mol. The zero-order valence-corrected chi connectivity index (χ0v) is 11.1. The normalized spacial score (nSPS) is 10.9. The first-order chi connectivity index (χ1) is 8.72. The highest BCUT2D eigenvalue weighted by Crippen LogP contribution is 2.16. The van der Waals surface area contributed by atoms with Gasteiger partial charge in [-0.05, 0) is 23.8 Å². The van der Waals surface area contributed by atoms with E-state index in [-0.39, 0.29) is 0 Å². The van der Waals surface area contributed by atoms with Crippen LogP contribution in [0.4, 0.5) is 5.82 Å². The van der Waals surface area contributed by atoms with Gasteiger partial charge in [0.25, 0.3) is 0 Å². The molecule has 0 atom stereocenters. The molecule has 0 bridgehead atoms. The second-order valence-corrected chi connectivity index (χ2v) is 5.00. The smallest absolute Gasteiger partial charge is 0.157 e. The highest BCUT2D eigenvalue weighted by atomic mass is 79.9. The zero-order chi connectivity index (χ0) is 12.5. The molecule has 0 amide bonds. The third kappa shape index (κ3) is 2.09. The van der Waals surface area contributed by atoms with Crippen LogP contribution in [0.25, 0.3) is 5.65 Å². The van der Waals surface area contributed by atoms with Gasteiger partial charge in [-0.1, -0.05) is 28.1 Å². The number of anilines is 1. The fourth-order valence-electron chi connectivity index (χ4n) is 1.90. The quantitative estimate of drug-likeness (QED) is 0.792. The first-order valence-corrected chi connectivity index (χ1v) is 6.35. The predicted octanol–water partition coefficient (Wildman–Crippen LogP) is 2.66. The first-order valence-electron chi connectivity index (χ1n) is 5.56. The van der Waals surface area contributed by atoms with Crippen molar-refractivity contribution < 1.29 is 0 Å². The number of halogens is 1. The summed E-state index contributed by atoms with van der Waals surface area (Å²) in [5, 5.41) is 4.45. The first kappa shape index (κ1) is 11.2. The lowest BCUT2D eigenvalue weighted by Crippen LogP contribution is -1.99. The number of nitrogens with two attached hydrogens (primary N) is 1. The van der Waals surface area contributed by atoms with Crippen LogP contribution in [-0.2, 0) is 6.42 Å². The van der Waals surface area contributed by atoms with Gasteiger partial charge in [0, 0.05) is 23.2 Å². The molecule has 1 aromatic carbocycles. The third-order valence-corrected chi connectivity index (χ3v) is 3.21. The van der Waals surface area contributed by atoms with Crippen molar-refractivity contribution in [1.29, 1.82) is 0 Å². The highest BCUT2D eigenvalue weighted by Gasteiger charge is 2.05. The van der Waals surface area contributed by atoms with Crippen molar-refractivity contribution in [3.63, 3.8) is 0 Å². The predicted molar refractivity (Wildman–Crippen MR) is 74.3 cm³/mol. The Kier molecular flexibility index (Phi) is 2.76. The third-order valence-electron chi connectivity index (χ3n) is 2.71. The van der Waals surface area contributed by atoms with Crippen LogP contribution in [0.2, 0.25) is 0 Å². The number of rotatable bonds is 2. The molecule has 0 fully saturated rings. The van der Waals surface area contributed by atoms with E-state index < -0.39 is 0 Å². The molecule has 0 unspecified atom stereocenters. The van der Waals surface area contributed by atoms with Crippen molar-refractivity contribution >= 4 is 27.4 Å². The fourth-order valence-corrected chi connectivity index (χ4v) is 2.35. The van der Waals surface area contributed by atoms with E-state index >= 15 is 0 Å². The molecule has 0 aliphatic carbocycles. The number of aromatic nitrogens is 3. The number of fused-ring (bicyclic) bond motifs is 1. The van der Waals surface area contributed by atoms with E-state index in [0.717, 1.165) is 22.2 Å².